The van der Waals surface area contributed by atoms with Crippen LogP contribution in [0, 0.1) is 19.8 Å². The Morgan fingerprint density at radius 3 is 2.65 bits per heavy atom. The second kappa shape index (κ2) is 8.96. The van der Waals surface area contributed by atoms with Crippen molar-refractivity contribution in [1.29, 1.82) is 0 Å². The van der Waals surface area contributed by atoms with Crippen LogP contribution in [0.3, 0.4) is 0 Å². The molecule has 1 unspecified atom stereocenters. The number of unbranched alkanes of at least 4 members (excludes halogenated alkanes) is 1. The van der Waals surface area contributed by atoms with Crippen molar-refractivity contribution in [3.63, 3.8) is 0 Å². The third-order valence-corrected chi connectivity index (χ3v) is 4.02. The molecule has 0 saturated heterocycles. The lowest BCUT2D eigenvalue weighted by atomic mass is 9.99. The fourth-order valence-corrected chi connectivity index (χ4v) is 2.59. The third kappa shape index (κ3) is 4.78. The first-order valence-corrected chi connectivity index (χ1v) is 7.83. The van der Waals surface area contributed by atoms with Crippen LogP contribution in [0.5, 0.6) is 5.75 Å². The van der Waals surface area contributed by atoms with E-state index in [4.69, 9.17) is 4.74 Å². The van der Waals surface area contributed by atoms with Gasteiger partial charge in [-0.15, -0.1) is 0 Å². The summed E-state index contributed by atoms with van der Waals surface area (Å²) in [5.41, 5.74) is 3.35. The second-order valence-corrected chi connectivity index (χ2v) is 5.59. The smallest absolute Gasteiger partial charge is 0.128 e. The summed E-state index contributed by atoms with van der Waals surface area (Å²) in [5.74, 6) is 1.75. The topological polar surface area (TPSA) is 34.2 Å². The first-order chi connectivity index (χ1) is 9.63. The zero-order valence-corrected chi connectivity index (χ0v) is 13.8. The molecule has 0 aliphatic carbocycles. The Labute approximate surface area is 124 Å². The molecule has 1 aromatic heterocycles. The predicted molar refractivity (Wildman–Crippen MR) is 85.3 cm³/mol. The Morgan fingerprint density at radius 1 is 1.30 bits per heavy atom. The molecule has 0 radical (unpaired) electrons. The Bertz CT molecular complexity index is 404. The molecule has 3 heteroatoms. The van der Waals surface area contributed by atoms with E-state index in [0.717, 1.165) is 41.6 Å². The Kier molecular flexibility index (Phi) is 7.60. The molecule has 20 heavy (non-hydrogen) atoms. The van der Waals surface area contributed by atoms with Crippen molar-refractivity contribution in [1.82, 2.24) is 10.3 Å². The van der Waals surface area contributed by atoms with Crippen LogP contribution >= 0.6 is 0 Å². The van der Waals surface area contributed by atoms with Crippen LogP contribution in [0.1, 0.15) is 56.4 Å². The first kappa shape index (κ1) is 17.0. The number of pyridine rings is 1. The molecule has 0 aliphatic rings. The van der Waals surface area contributed by atoms with Crippen molar-refractivity contribution in [2.45, 2.75) is 59.9 Å². The van der Waals surface area contributed by atoms with E-state index in [1.165, 1.54) is 25.7 Å². The third-order valence-electron chi connectivity index (χ3n) is 4.02. The van der Waals surface area contributed by atoms with Gasteiger partial charge in [0.15, 0.2) is 0 Å². The molecule has 0 fully saturated rings. The first-order valence-electron chi connectivity index (χ1n) is 7.83. The Morgan fingerprint density at radius 2 is 2.05 bits per heavy atom. The van der Waals surface area contributed by atoms with Crippen LogP contribution in [0.2, 0.25) is 0 Å². The van der Waals surface area contributed by atoms with E-state index in [-0.39, 0.29) is 0 Å². The average molecular weight is 278 g/mol. The van der Waals surface area contributed by atoms with E-state index in [2.05, 4.69) is 31.1 Å². The molecule has 0 bridgehead atoms. The minimum atomic E-state index is 0.780. The van der Waals surface area contributed by atoms with E-state index in [1.807, 2.05) is 13.1 Å². The predicted octanol–water partition coefficient (Wildman–Crippen LogP) is 4.01. The van der Waals surface area contributed by atoms with Crippen LogP contribution in [0.4, 0.5) is 0 Å². The SMILES string of the molecule is CCCCC(CC)CNCc1ncc(C)c(OC)c1C. The standard InChI is InChI=1S/C17H30N2O/c1-6-8-9-15(7-2)11-18-12-16-14(4)17(20-5)13(3)10-19-16/h10,15,18H,6-9,11-12H2,1-5H3. The van der Waals surface area contributed by atoms with Gasteiger partial charge in [0.1, 0.15) is 5.75 Å². The van der Waals surface area contributed by atoms with Gasteiger partial charge in [0.25, 0.3) is 0 Å². The minimum Gasteiger partial charge on any atom is -0.496 e. The monoisotopic (exact) mass is 278 g/mol. The van der Waals surface area contributed by atoms with E-state index in [0.29, 0.717) is 0 Å². The molecular weight excluding hydrogens is 248 g/mol. The average Bonchev–Trinajstić information content (AvgIpc) is 2.45. The molecule has 1 heterocycles. The molecule has 0 aromatic carbocycles. The summed E-state index contributed by atoms with van der Waals surface area (Å²) in [6.45, 7) is 10.6. The maximum Gasteiger partial charge on any atom is 0.128 e. The number of hydrogen-bond acceptors (Lipinski definition) is 3. The highest BCUT2D eigenvalue weighted by Crippen LogP contribution is 2.23. The number of nitrogens with zero attached hydrogens (tertiary/aromatic N) is 1. The summed E-state index contributed by atoms with van der Waals surface area (Å²) in [6, 6.07) is 0. The van der Waals surface area contributed by atoms with E-state index >= 15 is 0 Å². The zero-order valence-electron chi connectivity index (χ0n) is 13.8. The van der Waals surface area contributed by atoms with Crippen LogP contribution in [-0.2, 0) is 6.54 Å². The molecule has 0 amide bonds. The highest BCUT2D eigenvalue weighted by molar-refractivity contribution is 5.40. The molecular formula is C17H30N2O. The number of methoxy groups -OCH3 is 1. The molecule has 1 N–H and O–H groups in total. The summed E-state index contributed by atoms with van der Waals surface area (Å²) in [6.07, 6.45) is 7.08. The Balaban J connectivity index is 2.53. The quantitative estimate of drug-likeness (QED) is 0.741. The molecule has 3 nitrogen and oxygen atoms in total. The molecule has 1 rings (SSSR count). The lowest BCUT2D eigenvalue weighted by molar-refractivity contribution is 0.403. The van der Waals surface area contributed by atoms with Gasteiger partial charge in [-0.1, -0.05) is 33.1 Å². The summed E-state index contributed by atoms with van der Waals surface area (Å²) >= 11 is 0. The van der Waals surface area contributed by atoms with Gasteiger partial charge >= 0.3 is 0 Å². The number of aromatic nitrogens is 1. The number of ether oxygens (including phenoxy) is 1. The highest BCUT2D eigenvalue weighted by atomic mass is 16.5. The van der Waals surface area contributed by atoms with Gasteiger partial charge in [-0.2, -0.15) is 0 Å². The fourth-order valence-electron chi connectivity index (χ4n) is 2.59. The largest absolute Gasteiger partial charge is 0.496 e. The van der Waals surface area contributed by atoms with Crippen molar-refractivity contribution in [3.05, 3.63) is 23.0 Å². The van der Waals surface area contributed by atoms with Crippen molar-refractivity contribution in [2.24, 2.45) is 5.92 Å². The minimum absolute atomic E-state index is 0.780. The van der Waals surface area contributed by atoms with Gasteiger partial charge in [-0.25, -0.2) is 0 Å². The van der Waals surface area contributed by atoms with Gasteiger partial charge in [0.2, 0.25) is 0 Å². The lowest BCUT2D eigenvalue weighted by Crippen LogP contribution is -2.23. The van der Waals surface area contributed by atoms with Gasteiger partial charge < -0.3 is 10.1 Å². The normalized spacial score (nSPS) is 12.4. The van der Waals surface area contributed by atoms with Gasteiger partial charge in [0, 0.05) is 23.9 Å². The molecule has 1 aromatic rings. The number of nitrogens with one attached hydrogen (secondary N) is 1. The van der Waals surface area contributed by atoms with Crippen LogP contribution in [0.15, 0.2) is 6.20 Å². The summed E-state index contributed by atoms with van der Waals surface area (Å²) in [7, 11) is 1.73. The fraction of sp³-hybridized carbons (Fsp3) is 0.706. The lowest BCUT2D eigenvalue weighted by Gasteiger charge is -2.16. The molecule has 0 spiro atoms. The maximum atomic E-state index is 5.45. The van der Waals surface area contributed by atoms with Crippen molar-refractivity contribution >= 4 is 0 Å². The Hall–Kier alpha value is -1.09. The number of hydrogen-bond donors (Lipinski definition) is 1. The van der Waals surface area contributed by atoms with Crippen molar-refractivity contribution < 1.29 is 4.74 Å². The van der Waals surface area contributed by atoms with Crippen molar-refractivity contribution in [2.75, 3.05) is 13.7 Å². The maximum absolute atomic E-state index is 5.45. The summed E-state index contributed by atoms with van der Waals surface area (Å²) in [4.78, 5) is 4.53. The second-order valence-electron chi connectivity index (χ2n) is 5.59. The summed E-state index contributed by atoms with van der Waals surface area (Å²) < 4.78 is 5.45. The van der Waals surface area contributed by atoms with E-state index in [1.54, 1.807) is 7.11 Å². The highest BCUT2D eigenvalue weighted by Gasteiger charge is 2.10. The molecule has 1 atom stereocenters. The van der Waals surface area contributed by atoms with Gasteiger partial charge in [0.05, 0.1) is 12.8 Å². The van der Waals surface area contributed by atoms with E-state index < -0.39 is 0 Å². The van der Waals surface area contributed by atoms with Crippen molar-refractivity contribution in [3.8, 4) is 5.75 Å². The van der Waals surface area contributed by atoms with Crippen LogP contribution < -0.4 is 10.1 Å². The van der Waals surface area contributed by atoms with Gasteiger partial charge in [-0.05, 0) is 32.7 Å². The number of rotatable bonds is 9. The zero-order chi connectivity index (χ0) is 15.0. The number of aryl methyl sites for hydroxylation is 1. The summed E-state index contributed by atoms with van der Waals surface area (Å²) in [5, 5.41) is 3.56. The van der Waals surface area contributed by atoms with E-state index in [9.17, 15) is 0 Å². The molecule has 0 saturated carbocycles. The van der Waals surface area contributed by atoms with Gasteiger partial charge in [-0.3, -0.25) is 4.98 Å². The van der Waals surface area contributed by atoms with Crippen LogP contribution in [-0.4, -0.2) is 18.6 Å². The molecule has 0 aliphatic heterocycles. The molecule has 114 valence electrons. The van der Waals surface area contributed by atoms with Crippen LogP contribution in [0.25, 0.3) is 0 Å².